The van der Waals surface area contributed by atoms with Crippen molar-refractivity contribution in [1.82, 2.24) is 9.80 Å². The zero-order valence-electron chi connectivity index (χ0n) is 28.4. The summed E-state index contributed by atoms with van der Waals surface area (Å²) in [5.41, 5.74) is 10.6. The molecule has 2 fully saturated rings. The Morgan fingerprint density at radius 1 is 1.13 bits per heavy atom. The first-order valence-electron chi connectivity index (χ1n) is 16.0. The fourth-order valence-corrected chi connectivity index (χ4v) is 5.04. The highest BCUT2D eigenvalue weighted by Gasteiger charge is 2.28. The number of nitrogens with zero attached hydrogens (tertiary/aromatic N) is 4. The third-order valence-electron chi connectivity index (χ3n) is 7.93. The summed E-state index contributed by atoms with van der Waals surface area (Å²) in [5.74, 6) is 1.31. The predicted octanol–water partition coefficient (Wildman–Crippen LogP) is 7.79. The highest BCUT2D eigenvalue weighted by atomic mass is 19.4. The molecule has 0 aromatic heterocycles. The summed E-state index contributed by atoms with van der Waals surface area (Å²) in [7, 11) is 1.83. The molecular weight excluding hydrogens is 605 g/mol. The highest BCUT2D eigenvalue weighted by molar-refractivity contribution is 6.05. The summed E-state index contributed by atoms with van der Waals surface area (Å²) in [6.07, 6.45) is 3.38. The van der Waals surface area contributed by atoms with Crippen molar-refractivity contribution in [3.8, 4) is 6.07 Å². The van der Waals surface area contributed by atoms with Gasteiger partial charge in [-0.2, -0.15) is 18.4 Å². The molecule has 0 bridgehead atoms. The quantitative estimate of drug-likeness (QED) is 0.282. The molecule has 2 aromatic carbocycles. The van der Waals surface area contributed by atoms with Gasteiger partial charge in [0, 0.05) is 58.3 Å². The van der Waals surface area contributed by atoms with Gasteiger partial charge in [-0.25, -0.2) is 0 Å². The molecule has 4 rings (SSSR count). The van der Waals surface area contributed by atoms with Crippen molar-refractivity contribution >= 4 is 28.9 Å². The van der Waals surface area contributed by atoms with Gasteiger partial charge in [0.2, 0.25) is 11.8 Å². The molecule has 1 aliphatic heterocycles. The Morgan fingerprint density at radius 3 is 2.15 bits per heavy atom. The highest BCUT2D eigenvalue weighted by Crippen LogP contribution is 2.25. The number of hydrogen-bond acceptors (Lipinski definition) is 6. The van der Waals surface area contributed by atoms with E-state index in [0.717, 1.165) is 22.9 Å². The Kier molecular flexibility index (Phi) is 15.5. The maximum Gasteiger partial charge on any atom is 0.386 e. The average Bonchev–Trinajstić information content (AvgIpc) is 3.01. The maximum atomic E-state index is 12.9. The summed E-state index contributed by atoms with van der Waals surface area (Å²) in [5, 5.41) is 12.5. The molecule has 0 unspecified atom stereocenters. The lowest BCUT2D eigenvalue weighted by Crippen LogP contribution is -2.42. The van der Waals surface area contributed by atoms with Crippen LogP contribution in [0.4, 0.5) is 24.5 Å². The SMILES string of the molecule is CC(=O)N1CCC(C(=O)N(C)Cc2ccc(N/C(=C/N)C(=Nc3cccc(C#N)c3)C(C)C)cc2)CC1.CC(F)(F)F.CC1CCC1. The zero-order chi connectivity index (χ0) is 35.1. The van der Waals surface area contributed by atoms with Gasteiger partial charge in [0.15, 0.2) is 0 Å². The Balaban J connectivity index is 0.000000658. The average molecular weight is 655 g/mol. The molecule has 2 aliphatic rings. The number of carbonyl (C=O) groups excluding carboxylic acids is 2. The predicted molar refractivity (Wildman–Crippen MR) is 182 cm³/mol. The van der Waals surface area contributed by atoms with Crippen LogP contribution in [0, 0.1) is 29.1 Å². The molecule has 0 radical (unpaired) electrons. The molecule has 1 saturated heterocycles. The number of likely N-dealkylation sites (tertiary alicyclic amines) is 1. The number of allylic oxidation sites excluding steroid dienone is 1. The molecule has 47 heavy (non-hydrogen) atoms. The molecule has 0 atom stereocenters. The lowest BCUT2D eigenvalue weighted by atomic mass is 9.88. The number of nitrogens with one attached hydrogen (secondary N) is 1. The lowest BCUT2D eigenvalue weighted by molar-refractivity contribution is -0.139. The van der Waals surface area contributed by atoms with Crippen molar-refractivity contribution in [2.24, 2.45) is 28.5 Å². The first kappa shape index (κ1) is 38.9. The van der Waals surface area contributed by atoms with E-state index in [1.54, 1.807) is 28.9 Å². The van der Waals surface area contributed by atoms with E-state index in [9.17, 15) is 28.0 Å². The minimum Gasteiger partial charge on any atom is -0.403 e. The van der Waals surface area contributed by atoms with Gasteiger partial charge < -0.3 is 20.9 Å². The zero-order valence-corrected chi connectivity index (χ0v) is 28.4. The third kappa shape index (κ3) is 14.3. The van der Waals surface area contributed by atoms with Gasteiger partial charge in [0.05, 0.1) is 28.7 Å². The second kappa shape index (κ2) is 18.7. The maximum absolute atomic E-state index is 12.9. The van der Waals surface area contributed by atoms with E-state index in [1.165, 1.54) is 25.5 Å². The molecule has 2 aromatic rings. The topological polar surface area (TPSA) is 115 Å². The molecule has 0 spiro atoms. The van der Waals surface area contributed by atoms with Crippen LogP contribution >= 0.6 is 0 Å². The van der Waals surface area contributed by atoms with Crippen LogP contribution in [0.25, 0.3) is 0 Å². The van der Waals surface area contributed by atoms with Gasteiger partial charge in [-0.15, -0.1) is 0 Å². The number of anilines is 1. The second-order valence-corrected chi connectivity index (χ2v) is 12.5. The van der Waals surface area contributed by atoms with Crippen LogP contribution in [-0.4, -0.2) is 53.6 Å². The van der Waals surface area contributed by atoms with Gasteiger partial charge in [0.25, 0.3) is 0 Å². The van der Waals surface area contributed by atoms with Crippen molar-refractivity contribution in [2.75, 3.05) is 25.5 Å². The van der Waals surface area contributed by atoms with E-state index in [-0.39, 0.29) is 30.6 Å². The van der Waals surface area contributed by atoms with Crippen molar-refractivity contribution in [2.45, 2.75) is 79.4 Å². The minimum absolute atomic E-state index is 0.0404. The van der Waals surface area contributed by atoms with Crippen molar-refractivity contribution in [3.05, 3.63) is 71.6 Å². The smallest absolute Gasteiger partial charge is 0.386 e. The number of alkyl halides is 3. The van der Waals surface area contributed by atoms with E-state index in [0.29, 0.717) is 49.4 Å². The van der Waals surface area contributed by atoms with Gasteiger partial charge in [-0.05, 0) is 60.6 Å². The summed E-state index contributed by atoms with van der Waals surface area (Å²) in [6.45, 7) is 9.95. The largest absolute Gasteiger partial charge is 0.403 e. The van der Waals surface area contributed by atoms with Crippen LogP contribution in [0.2, 0.25) is 0 Å². The molecule has 1 heterocycles. The van der Waals surface area contributed by atoms with Crippen LogP contribution in [0.3, 0.4) is 0 Å². The Labute approximate surface area is 277 Å². The number of aliphatic imine (C=N–C) groups is 1. The minimum atomic E-state index is -4.00. The van der Waals surface area contributed by atoms with Crippen molar-refractivity contribution in [1.29, 1.82) is 5.26 Å². The van der Waals surface area contributed by atoms with Gasteiger partial charge >= 0.3 is 6.18 Å². The van der Waals surface area contributed by atoms with Gasteiger partial charge in [-0.3, -0.25) is 14.6 Å². The summed E-state index contributed by atoms with van der Waals surface area (Å²) < 4.78 is 31.1. The van der Waals surface area contributed by atoms with Crippen LogP contribution in [-0.2, 0) is 16.1 Å². The molecule has 1 aliphatic carbocycles. The summed E-state index contributed by atoms with van der Waals surface area (Å²) >= 11 is 0. The monoisotopic (exact) mass is 654 g/mol. The number of rotatable bonds is 8. The number of amides is 2. The number of nitrogens with two attached hydrogens (primary N) is 1. The van der Waals surface area contributed by atoms with Crippen LogP contribution in [0.15, 0.2) is 65.4 Å². The van der Waals surface area contributed by atoms with Crippen LogP contribution in [0.1, 0.15) is 77.8 Å². The van der Waals surface area contributed by atoms with Crippen molar-refractivity contribution in [3.63, 3.8) is 0 Å². The Hall–Kier alpha value is -4.33. The molecule has 11 heteroatoms. The van der Waals surface area contributed by atoms with Crippen LogP contribution in [0.5, 0.6) is 0 Å². The number of carbonyl (C=O) groups is 2. The van der Waals surface area contributed by atoms with E-state index >= 15 is 0 Å². The van der Waals surface area contributed by atoms with E-state index in [2.05, 4.69) is 18.3 Å². The van der Waals surface area contributed by atoms with E-state index in [1.807, 2.05) is 57.3 Å². The van der Waals surface area contributed by atoms with Gasteiger partial charge in [0.1, 0.15) is 0 Å². The molecule has 2 amide bonds. The number of piperidine rings is 1. The molecule has 3 N–H and O–H groups in total. The van der Waals surface area contributed by atoms with Crippen LogP contribution < -0.4 is 11.1 Å². The number of halogens is 3. The second-order valence-electron chi connectivity index (χ2n) is 12.5. The van der Waals surface area contributed by atoms with Crippen molar-refractivity contribution < 1.29 is 22.8 Å². The Morgan fingerprint density at radius 2 is 1.70 bits per heavy atom. The normalized spacial score (nSPS) is 15.7. The summed E-state index contributed by atoms with van der Waals surface area (Å²) in [4.78, 5) is 32.8. The molecule has 8 nitrogen and oxygen atoms in total. The molecule has 256 valence electrons. The third-order valence-corrected chi connectivity index (χ3v) is 7.93. The number of nitriles is 1. The fraction of sp³-hybridized carbons (Fsp3) is 0.500. The first-order valence-corrected chi connectivity index (χ1v) is 16.0. The fourth-order valence-electron chi connectivity index (χ4n) is 5.04. The standard InChI is InChI=1S/C29H36N6O2.C5H10.C2H3F3/c1-20(2)28(33-26-7-5-6-23(16-26)17-30)27(18-31)32-25-10-8-22(9-11-25)19-34(4)29(37)24-12-14-35(15-13-24)21(3)36;1-5-3-2-4-5;1-2(3,4)5/h5-11,16,18,20,24,32H,12-15,19,31H2,1-4H3;5H,2-4H2,1H3;1H3/b27-18+,33-28?;;. The molecular formula is C36H49F3N6O2. The Bertz CT molecular complexity index is 1400. The lowest BCUT2D eigenvalue weighted by Gasteiger charge is -2.32. The first-order chi connectivity index (χ1) is 22.1. The van der Waals surface area contributed by atoms with E-state index in [4.69, 9.17) is 10.7 Å². The molecule has 1 saturated carbocycles. The number of hydrogen-bond donors (Lipinski definition) is 2. The summed E-state index contributed by atoms with van der Waals surface area (Å²) in [6, 6.07) is 17.2. The van der Waals surface area contributed by atoms with E-state index < -0.39 is 6.18 Å². The van der Waals surface area contributed by atoms with Gasteiger partial charge in [-0.1, -0.05) is 58.2 Å². The number of benzene rings is 2.